The van der Waals surface area contributed by atoms with Gasteiger partial charge in [-0.15, -0.1) is 0 Å². The molecule has 0 saturated heterocycles. The number of carboxylic acid groups (broad SMARTS) is 1. The Balaban J connectivity index is 3.25. The fourth-order valence-corrected chi connectivity index (χ4v) is 0.746. The summed E-state index contributed by atoms with van der Waals surface area (Å²) < 4.78 is 0. The van der Waals surface area contributed by atoms with Crippen LogP contribution < -0.4 is 0 Å². The van der Waals surface area contributed by atoms with Crippen LogP contribution in [0.2, 0.25) is 0 Å². The number of carboxylic acids is 1. The molecule has 0 heterocycles. The molecule has 1 N–H and O–H groups in total. The lowest BCUT2D eigenvalue weighted by Crippen LogP contribution is -2.11. The minimum absolute atomic E-state index is 0.162. The molecular weight excluding hydrogens is 144 g/mol. The molecule has 0 aromatic rings. The van der Waals surface area contributed by atoms with Gasteiger partial charge in [0.05, 0.1) is 0 Å². The van der Waals surface area contributed by atoms with Gasteiger partial charge in [0, 0.05) is 6.42 Å². The van der Waals surface area contributed by atoms with E-state index >= 15 is 0 Å². The molecule has 0 amide bonds. The molecule has 0 bridgehead atoms. The Morgan fingerprint density at radius 1 is 1.18 bits per heavy atom. The van der Waals surface area contributed by atoms with Gasteiger partial charge in [-0.25, -0.2) is 4.79 Å². The van der Waals surface area contributed by atoms with Crippen molar-refractivity contribution < 1.29 is 14.7 Å². The van der Waals surface area contributed by atoms with E-state index in [2.05, 4.69) is 6.92 Å². The smallest absolute Gasteiger partial charge is 0.372 e. The van der Waals surface area contributed by atoms with Crippen molar-refractivity contribution in [3.8, 4) is 0 Å². The van der Waals surface area contributed by atoms with Crippen molar-refractivity contribution >= 4 is 11.8 Å². The molecule has 0 spiro atoms. The number of Topliss-reactive ketones (excluding diaryl/α,β-unsaturated/α-hetero) is 1. The Kier molecular flexibility index (Phi) is 5.43. The maximum absolute atomic E-state index is 10.5. The van der Waals surface area contributed by atoms with E-state index in [0.717, 1.165) is 19.3 Å². The van der Waals surface area contributed by atoms with Gasteiger partial charge in [0.1, 0.15) is 0 Å². The quantitative estimate of drug-likeness (QED) is 0.468. The second-order valence-electron chi connectivity index (χ2n) is 2.39. The van der Waals surface area contributed by atoms with Crippen molar-refractivity contribution in [2.24, 2.45) is 0 Å². The van der Waals surface area contributed by atoms with E-state index in [0.29, 0.717) is 6.42 Å². The molecule has 0 aliphatic heterocycles. The van der Waals surface area contributed by atoms with E-state index in [1.54, 1.807) is 0 Å². The first-order chi connectivity index (χ1) is 5.18. The summed E-state index contributed by atoms with van der Waals surface area (Å²) in [4.78, 5) is 20.5. The van der Waals surface area contributed by atoms with Gasteiger partial charge in [0.15, 0.2) is 0 Å². The topological polar surface area (TPSA) is 54.4 Å². The van der Waals surface area contributed by atoms with Crippen molar-refractivity contribution in [2.45, 2.75) is 32.1 Å². The van der Waals surface area contributed by atoms with Gasteiger partial charge < -0.3 is 5.11 Å². The molecule has 3 heteroatoms. The molecule has 3 nitrogen and oxygen atoms in total. The summed E-state index contributed by atoms with van der Waals surface area (Å²) in [6, 6.07) is 0. The fourth-order valence-electron chi connectivity index (χ4n) is 0.746. The monoisotopic (exact) mass is 157 g/mol. The van der Waals surface area contributed by atoms with Crippen molar-refractivity contribution in [1.29, 1.82) is 0 Å². The molecular formula is C8H13O3. The van der Waals surface area contributed by atoms with Gasteiger partial charge in [-0.1, -0.05) is 26.2 Å². The zero-order valence-electron chi connectivity index (χ0n) is 6.51. The lowest BCUT2D eigenvalue weighted by molar-refractivity contribution is -0.149. The van der Waals surface area contributed by atoms with Crippen LogP contribution >= 0.6 is 0 Å². The van der Waals surface area contributed by atoms with Gasteiger partial charge in [0.25, 0.3) is 0 Å². The van der Waals surface area contributed by atoms with Gasteiger partial charge in [0.2, 0.25) is 5.78 Å². The summed E-state index contributed by atoms with van der Waals surface area (Å²) in [7, 11) is 0. The number of ketones is 1. The molecule has 0 rings (SSSR count). The molecule has 0 aliphatic carbocycles. The Morgan fingerprint density at radius 2 is 1.82 bits per heavy atom. The van der Waals surface area contributed by atoms with Crippen LogP contribution in [0.15, 0.2) is 0 Å². The summed E-state index contributed by atoms with van der Waals surface area (Å²) >= 11 is 0. The van der Waals surface area contributed by atoms with Crippen molar-refractivity contribution in [3.63, 3.8) is 0 Å². The highest BCUT2D eigenvalue weighted by Crippen LogP contribution is 2.02. The minimum Gasteiger partial charge on any atom is -0.476 e. The molecule has 0 fully saturated rings. The molecule has 0 unspecified atom stereocenters. The third-order valence-corrected chi connectivity index (χ3v) is 1.39. The van der Waals surface area contributed by atoms with Crippen LogP contribution in [0.1, 0.15) is 32.1 Å². The molecule has 11 heavy (non-hydrogen) atoms. The number of aliphatic carboxylic acids is 1. The second-order valence-corrected chi connectivity index (χ2v) is 2.39. The normalized spacial score (nSPS) is 9.55. The van der Waals surface area contributed by atoms with Crippen molar-refractivity contribution in [1.82, 2.24) is 0 Å². The van der Waals surface area contributed by atoms with Crippen LogP contribution in [0.25, 0.3) is 0 Å². The van der Waals surface area contributed by atoms with Crippen LogP contribution in [0.5, 0.6) is 0 Å². The SMILES string of the molecule is [CH2]CCCCCC(=O)C(=O)O. The zero-order valence-corrected chi connectivity index (χ0v) is 6.51. The summed E-state index contributed by atoms with van der Waals surface area (Å²) in [6.45, 7) is 3.64. The predicted octanol–water partition coefficient (Wildman–Crippen LogP) is 1.42. The fraction of sp³-hybridized carbons (Fsp3) is 0.625. The largest absolute Gasteiger partial charge is 0.476 e. The number of carbonyl (C=O) groups excluding carboxylic acids is 1. The van der Waals surface area contributed by atoms with E-state index in [1.165, 1.54) is 0 Å². The van der Waals surface area contributed by atoms with Gasteiger partial charge in [-0.05, 0) is 6.42 Å². The molecule has 0 saturated carbocycles. The molecule has 0 aromatic heterocycles. The van der Waals surface area contributed by atoms with E-state index < -0.39 is 11.8 Å². The summed E-state index contributed by atoms with van der Waals surface area (Å²) in [5, 5.41) is 8.18. The first-order valence-corrected chi connectivity index (χ1v) is 3.74. The number of unbranched alkanes of at least 4 members (excludes halogenated alkanes) is 3. The van der Waals surface area contributed by atoms with Crippen LogP contribution in [0.4, 0.5) is 0 Å². The highest BCUT2D eigenvalue weighted by atomic mass is 16.4. The van der Waals surface area contributed by atoms with E-state index in [1.807, 2.05) is 0 Å². The van der Waals surface area contributed by atoms with Crippen molar-refractivity contribution in [2.75, 3.05) is 0 Å². The summed E-state index contributed by atoms with van der Waals surface area (Å²) in [6.07, 6.45) is 3.53. The van der Waals surface area contributed by atoms with Gasteiger partial charge in [-0.3, -0.25) is 4.79 Å². The highest BCUT2D eigenvalue weighted by Gasteiger charge is 2.09. The predicted molar refractivity (Wildman–Crippen MR) is 41.1 cm³/mol. The molecule has 0 atom stereocenters. The molecule has 1 radical (unpaired) electrons. The maximum Gasteiger partial charge on any atom is 0.372 e. The van der Waals surface area contributed by atoms with E-state index in [9.17, 15) is 9.59 Å². The highest BCUT2D eigenvalue weighted by molar-refractivity contribution is 6.32. The first-order valence-electron chi connectivity index (χ1n) is 3.74. The lowest BCUT2D eigenvalue weighted by atomic mass is 10.1. The van der Waals surface area contributed by atoms with Gasteiger partial charge in [-0.2, -0.15) is 0 Å². The number of carbonyl (C=O) groups is 2. The standard InChI is InChI=1S/C8H13O3/c1-2-3-4-5-6-7(9)8(10)11/h1-6H2,(H,10,11). The van der Waals surface area contributed by atoms with Crippen LogP contribution in [0.3, 0.4) is 0 Å². The lowest BCUT2D eigenvalue weighted by Gasteiger charge is -1.94. The molecule has 0 aliphatic rings. The number of hydrogen-bond acceptors (Lipinski definition) is 2. The minimum atomic E-state index is -1.32. The average molecular weight is 157 g/mol. The molecule has 63 valence electrons. The Hall–Kier alpha value is -0.860. The van der Waals surface area contributed by atoms with Crippen LogP contribution in [-0.2, 0) is 9.59 Å². The maximum atomic E-state index is 10.5. The number of hydrogen-bond donors (Lipinski definition) is 1. The Morgan fingerprint density at radius 3 is 2.27 bits per heavy atom. The van der Waals surface area contributed by atoms with Crippen molar-refractivity contribution in [3.05, 3.63) is 6.92 Å². The first kappa shape index (κ1) is 10.1. The zero-order chi connectivity index (χ0) is 8.69. The molecule has 0 aromatic carbocycles. The van der Waals surface area contributed by atoms with Crippen LogP contribution in [-0.4, -0.2) is 16.9 Å². The summed E-state index contributed by atoms with van der Waals surface area (Å²) in [5.41, 5.74) is 0. The van der Waals surface area contributed by atoms with E-state index in [-0.39, 0.29) is 6.42 Å². The summed E-state index contributed by atoms with van der Waals surface area (Å²) in [5.74, 6) is -2.01. The third-order valence-electron chi connectivity index (χ3n) is 1.39. The third kappa shape index (κ3) is 5.58. The Labute approximate surface area is 66.4 Å². The second kappa shape index (κ2) is 5.89. The van der Waals surface area contributed by atoms with Gasteiger partial charge >= 0.3 is 5.97 Å². The number of rotatable bonds is 6. The van der Waals surface area contributed by atoms with E-state index in [4.69, 9.17) is 5.11 Å². The van der Waals surface area contributed by atoms with Crippen LogP contribution in [0, 0.1) is 6.92 Å². The Bertz CT molecular complexity index is 140. The average Bonchev–Trinajstić information content (AvgIpc) is 1.97.